The normalized spacial score (nSPS) is 5.83. The Morgan fingerprint density at radius 2 is 1.58 bits per heavy atom. The minimum atomic E-state index is -0.0255. The second-order valence-corrected chi connectivity index (χ2v) is 1.17. The van der Waals surface area contributed by atoms with Crippen LogP contribution in [-0.4, -0.2) is 12.3 Å². The van der Waals surface area contributed by atoms with Crippen molar-refractivity contribution in [1.29, 1.82) is 0 Å². The van der Waals surface area contributed by atoms with E-state index in [0.29, 0.717) is 0 Å². The second kappa shape index (κ2) is 30.8. The Morgan fingerprint density at radius 1 is 1.25 bits per heavy atom. The van der Waals surface area contributed by atoms with E-state index in [1.807, 2.05) is 0 Å². The summed E-state index contributed by atoms with van der Waals surface area (Å²) in [5.41, 5.74) is 4.96. The number of hydrogen-bond acceptors (Lipinski definition) is 2. The average molecular weight is 268 g/mol. The van der Waals surface area contributed by atoms with Gasteiger partial charge in [-0.15, -0.1) is 0 Å². The van der Waals surface area contributed by atoms with Gasteiger partial charge in [0.1, 0.15) is 0 Å². The molecule has 0 aliphatic carbocycles. The van der Waals surface area contributed by atoms with Crippen LogP contribution in [0.3, 0.4) is 0 Å². The van der Waals surface area contributed by atoms with Crippen molar-refractivity contribution in [3.05, 3.63) is 12.2 Å². The van der Waals surface area contributed by atoms with Crippen molar-refractivity contribution in [2.45, 2.75) is 6.92 Å². The Labute approximate surface area is 83.6 Å². The first kappa shape index (κ1) is 40.8. The summed E-state index contributed by atoms with van der Waals surface area (Å²) in [7, 11) is 0. The molecule has 0 spiro atoms. The molecule has 0 bridgehead atoms. The summed E-state index contributed by atoms with van der Waals surface area (Å²) >= 11 is 0. The first-order valence-electron chi connectivity index (χ1n) is 2.17. The quantitative estimate of drug-likeness (QED) is 0.307. The molecule has 0 aromatic carbocycles. The van der Waals surface area contributed by atoms with Gasteiger partial charge in [-0.3, -0.25) is 4.79 Å². The molecule has 0 saturated heterocycles. The van der Waals surface area contributed by atoms with E-state index in [4.69, 9.17) is 5.73 Å². The van der Waals surface area contributed by atoms with Crippen molar-refractivity contribution in [2.24, 2.45) is 5.73 Å². The second-order valence-electron chi connectivity index (χ2n) is 1.17. The molecule has 2 nitrogen and oxygen atoms in total. The topological polar surface area (TPSA) is 43.1 Å². The van der Waals surface area contributed by atoms with Crippen LogP contribution in [-0.2, 0) is 27.2 Å². The summed E-state index contributed by atoms with van der Waals surface area (Å²) < 4.78 is 0. The van der Waals surface area contributed by atoms with E-state index in [9.17, 15) is 4.79 Å². The van der Waals surface area contributed by atoms with E-state index in [2.05, 4.69) is 0 Å². The molecule has 0 aromatic heterocycles. The maximum Gasteiger partial charge on any atom is 0.168 e. The molecule has 77 valence electrons. The van der Waals surface area contributed by atoms with Crippen LogP contribution in [0, 0.1) is 0 Å². The van der Waals surface area contributed by atoms with Gasteiger partial charge >= 0.3 is 0 Å². The Morgan fingerprint density at radius 3 is 1.67 bits per heavy atom. The number of carbonyl (C=O) groups excluding carboxylic acids is 1. The monoisotopic (exact) mass is 268 g/mol. The van der Waals surface area contributed by atoms with Gasteiger partial charge in [-0.1, -0.05) is 6.08 Å². The largest absolute Gasteiger partial charge is 1.00 e. The van der Waals surface area contributed by atoms with Crippen molar-refractivity contribution >= 4 is 5.78 Å². The standard InChI is InChI=1S/C5H9NO.4FH.Nb/c1-2-3-5(7)4-6;;;;;/h2-3H,4,6H2,1H3;4*1H;/p-4. The Kier molecular flexibility index (Phi) is 105. The Hall–Kier alpha value is -0.170. The fourth-order valence-corrected chi connectivity index (χ4v) is 0.254. The first-order chi connectivity index (χ1) is 3.31. The van der Waals surface area contributed by atoms with E-state index >= 15 is 0 Å². The molecule has 0 aliphatic heterocycles. The number of nitrogens with two attached hydrogens (primary N) is 1. The van der Waals surface area contributed by atoms with Gasteiger partial charge < -0.3 is 24.6 Å². The van der Waals surface area contributed by atoms with Gasteiger partial charge in [-0.25, -0.2) is 0 Å². The van der Waals surface area contributed by atoms with Crippen LogP contribution in [0.2, 0.25) is 0 Å². The fourth-order valence-electron chi connectivity index (χ4n) is 0.254. The predicted octanol–water partition coefficient (Wildman–Crippen LogP) is -11.9. The summed E-state index contributed by atoms with van der Waals surface area (Å²) in [6.45, 7) is 1.90. The van der Waals surface area contributed by atoms with Gasteiger partial charge in [0.25, 0.3) is 0 Å². The van der Waals surface area contributed by atoms with E-state index in [1.54, 1.807) is 13.0 Å². The van der Waals surface area contributed by atoms with E-state index in [-0.39, 0.29) is 53.5 Å². The number of allylic oxidation sites excluding steroid dienone is 1. The van der Waals surface area contributed by atoms with Gasteiger partial charge in [0.05, 0.1) is 6.54 Å². The van der Waals surface area contributed by atoms with Crippen LogP contribution in [0.5, 0.6) is 0 Å². The number of carbonyl (C=O) groups is 1. The molecule has 0 fully saturated rings. The first-order valence-corrected chi connectivity index (χ1v) is 2.17. The molecule has 0 aliphatic rings. The molecule has 0 saturated carbocycles. The van der Waals surface area contributed by atoms with E-state index in [0.717, 1.165) is 0 Å². The summed E-state index contributed by atoms with van der Waals surface area (Å²) in [4.78, 5) is 10.2. The smallest absolute Gasteiger partial charge is 0.168 e. The number of rotatable bonds is 2. The molecule has 0 amide bonds. The van der Waals surface area contributed by atoms with Crippen LogP contribution >= 0.6 is 0 Å². The van der Waals surface area contributed by atoms with Crippen molar-refractivity contribution in [3.8, 4) is 0 Å². The SMILES string of the molecule is CC=CC(=O)CN.[F-].[F-].[F-].[F-].[Nb]. The zero-order chi connectivity index (χ0) is 5.70. The zero-order valence-electron chi connectivity index (χ0n) is 6.31. The number of hydrogen-bond donors (Lipinski definition) is 1. The maximum absolute atomic E-state index is 10.2. The average Bonchev–Trinajstić information content (AvgIpc) is 1.68. The molecule has 2 N–H and O–H groups in total. The minimum Gasteiger partial charge on any atom is -1.00 e. The van der Waals surface area contributed by atoms with Gasteiger partial charge in [0.2, 0.25) is 0 Å². The molecule has 0 heterocycles. The number of ketones is 1. The molecule has 1 radical (unpaired) electrons. The molecular weight excluding hydrogens is 259 g/mol. The maximum atomic E-state index is 10.2. The third kappa shape index (κ3) is 32.9. The van der Waals surface area contributed by atoms with Crippen LogP contribution < -0.4 is 24.6 Å². The van der Waals surface area contributed by atoms with E-state index < -0.39 is 0 Å². The van der Waals surface area contributed by atoms with Gasteiger partial charge in [-0.05, 0) is 13.0 Å². The molecular formula is C5H9F4NNbO-4. The summed E-state index contributed by atoms with van der Waals surface area (Å²) in [6, 6.07) is 0. The fraction of sp³-hybridized carbons (Fsp3) is 0.400. The summed E-state index contributed by atoms with van der Waals surface area (Å²) in [5.74, 6) is -0.0255. The van der Waals surface area contributed by atoms with Crippen molar-refractivity contribution in [3.63, 3.8) is 0 Å². The van der Waals surface area contributed by atoms with Gasteiger partial charge in [0, 0.05) is 22.4 Å². The zero-order valence-corrected chi connectivity index (χ0v) is 8.51. The van der Waals surface area contributed by atoms with Crippen LogP contribution in [0.15, 0.2) is 12.2 Å². The van der Waals surface area contributed by atoms with Crippen molar-refractivity contribution in [1.82, 2.24) is 0 Å². The molecule has 0 aromatic rings. The van der Waals surface area contributed by atoms with Crippen LogP contribution in [0.1, 0.15) is 6.92 Å². The van der Waals surface area contributed by atoms with Crippen molar-refractivity contribution < 1.29 is 46.0 Å². The van der Waals surface area contributed by atoms with Gasteiger partial charge in [0.15, 0.2) is 5.78 Å². The Bertz CT molecular complexity index is 101. The summed E-state index contributed by atoms with van der Waals surface area (Å²) in [5, 5.41) is 0. The predicted molar refractivity (Wildman–Crippen MR) is 28.9 cm³/mol. The van der Waals surface area contributed by atoms with Gasteiger partial charge in [-0.2, -0.15) is 0 Å². The number of halogens is 4. The minimum absolute atomic E-state index is 0. The molecule has 0 unspecified atom stereocenters. The molecule has 0 rings (SSSR count). The molecule has 12 heavy (non-hydrogen) atoms. The third-order valence-corrected chi connectivity index (χ3v) is 0.554. The van der Waals surface area contributed by atoms with Crippen molar-refractivity contribution in [2.75, 3.05) is 6.54 Å². The molecule has 7 heteroatoms. The van der Waals surface area contributed by atoms with E-state index in [1.165, 1.54) is 6.08 Å². The summed E-state index contributed by atoms with van der Waals surface area (Å²) in [6.07, 6.45) is 3.13. The van der Waals surface area contributed by atoms with Crippen LogP contribution in [0.4, 0.5) is 0 Å². The Balaban J connectivity index is -0.0000000180. The van der Waals surface area contributed by atoms with Crippen LogP contribution in [0.25, 0.3) is 0 Å². The third-order valence-electron chi connectivity index (χ3n) is 0.554. The molecule has 0 atom stereocenters.